The Morgan fingerprint density at radius 2 is 2.25 bits per heavy atom. The maximum atomic E-state index is 5.56. The molecular weight excluding hydrogens is 204 g/mol. The van der Waals surface area contributed by atoms with Crippen LogP contribution in [-0.2, 0) is 4.74 Å². The van der Waals surface area contributed by atoms with E-state index in [1.165, 1.54) is 0 Å². The first-order chi connectivity index (χ1) is 7.75. The quantitative estimate of drug-likeness (QED) is 0.824. The number of nitrogen functional groups attached to an aromatic ring is 1. The van der Waals surface area contributed by atoms with E-state index in [2.05, 4.69) is 14.9 Å². The number of anilines is 2. The van der Waals surface area contributed by atoms with Crippen LogP contribution in [-0.4, -0.2) is 36.8 Å². The summed E-state index contributed by atoms with van der Waals surface area (Å²) in [6, 6.07) is 1.88. The van der Waals surface area contributed by atoms with Gasteiger partial charge in [0, 0.05) is 33.0 Å². The lowest BCUT2D eigenvalue weighted by Gasteiger charge is -2.27. The van der Waals surface area contributed by atoms with E-state index < -0.39 is 0 Å². The third kappa shape index (κ3) is 2.82. The van der Waals surface area contributed by atoms with E-state index in [0.717, 1.165) is 38.4 Å². The third-order valence-electron chi connectivity index (χ3n) is 2.92. The van der Waals surface area contributed by atoms with Crippen molar-refractivity contribution in [3.05, 3.63) is 12.3 Å². The molecule has 0 aromatic carbocycles. The molecule has 88 valence electrons. The van der Waals surface area contributed by atoms with Crippen molar-refractivity contribution in [1.82, 2.24) is 9.97 Å². The van der Waals surface area contributed by atoms with Crippen molar-refractivity contribution in [1.29, 1.82) is 0 Å². The molecule has 1 aromatic heterocycles. The number of ether oxygens (including phenoxy) is 1. The Labute approximate surface area is 95.6 Å². The summed E-state index contributed by atoms with van der Waals surface area (Å²) in [4.78, 5) is 10.2. The fourth-order valence-electron chi connectivity index (χ4n) is 1.99. The molecule has 5 heteroatoms. The van der Waals surface area contributed by atoms with Gasteiger partial charge in [-0.15, -0.1) is 0 Å². The van der Waals surface area contributed by atoms with Gasteiger partial charge in [0.25, 0.3) is 0 Å². The van der Waals surface area contributed by atoms with Crippen LogP contribution in [0, 0.1) is 5.92 Å². The lowest BCUT2D eigenvalue weighted by Crippen LogP contribution is -2.30. The van der Waals surface area contributed by atoms with Crippen molar-refractivity contribution >= 4 is 11.8 Å². The van der Waals surface area contributed by atoms with Crippen molar-refractivity contribution in [3.63, 3.8) is 0 Å². The van der Waals surface area contributed by atoms with Gasteiger partial charge >= 0.3 is 0 Å². The molecule has 0 saturated carbocycles. The van der Waals surface area contributed by atoms with Crippen LogP contribution in [0.5, 0.6) is 0 Å². The molecule has 2 rings (SSSR count). The van der Waals surface area contributed by atoms with Crippen molar-refractivity contribution in [2.24, 2.45) is 5.92 Å². The predicted octanol–water partition coefficient (Wildman–Crippen LogP) is 0.922. The Morgan fingerprint density at radius 3 is 2.94 bits per heavy atom. The number of hydrogen-bond donors (Lipinski definition) is 1. The first-order valence-corrected chi connectivity index (χ1v) is 5.63. The van der Waals surface area contributed by atoms with Crippen LogP contribution in [0.2, 0.25) is 0 Å². The number of nitrogens with zero attached hydrogens (tertiary/aromatic N) is 3. The lowest BCUT2D eigenvalue weighted by atomic mass is 10.00. The molecule has 1 aliphatic heterocycles. The van der Waals surface area contributed by atoms with Crippen LogP contribution in [0.25, 0.3) is 0 Å². The van der Waals surface area contributed by atoms with Crippen LogP contribution in [0.1, 0.15) is 12.8 Å². The van der Waals surface area contributed by atoms with Gasteiger partial charge in [-0.1, -0.05) is 0 Å². The molecule has 5 nitrogen and oxygen atoms in total. The molecule has 16 heavy (non-hydrogen) atoms. The molecule has 0 spiro atoms. The van der Waals surface area contributed by atoms with Crippen molar-refractivity contribution in [2.75, 3.05) is 37.4 Å². The molecule has 1 saturated heterocycles. The SMILES string of the molecule is CN(CC1CCOCC1)c1ccnc(N)n1. The summed E-state index contributed by atoms with van der Waals surface area (Å²) in [5.41, 5.74) is 5.56. The highest BCUT2D eigenvalue weighted by atomic mass is 16.5. The molecule has 2 heterocycles. The Morgan fingerprint density at radius 1 is 1.50 bits per heavy atom. The molecule has 0 aliphatic carbocycles. The zero-order chi connectivity index (χ0) is 11.4. The molecule has 0 bridgehead atoms. The minimum Gasteiger partial charge on any atom is -0.381 e. The van der Waals surface area contributed by atoms with E-state index in [1.54, 1.807) is 6.20 Å². The zero-order valence-electron chi connectivity index (χ0n) is 9.59. The van der Waals surface area contributed by atoms with Crippen LogP contribution in [0.4, 0.5) is 11.8 Å². The molecule has 1 aliphatic rings. The van der Waals surface area contributed by atoms with Gasteiger partial charge in [-0.3, -0.25) is 0 Å². The second-order valence-corrected chi connectivity index (χ2v) is 4.21. The van der Waals surface area contributed by atoms with Gasteiger partial charge in [0.15, 0.2) is 0 Å². The number of rotatable bonds is 3. The first kappa shape index (κ1) is 11.1. The van der Waals surface area contributed by atoms with Gasteiger partial charge in [-0.2, -0.15) is 4.98 Å². The second-order valence-electron chi connectivity index (χ2n) is 4.21. The van der Waals surface area contributed by atoms with Crippen LogP contribution in [0.15, 0.2) is 12.3 Å². The fourth-order valence-corrected chi connectivity index (χ4v) is 1.99. The van der Waals surface area contributed by atoms with Gasteiger partial charge < -0.3 is 15.4 Å². The minimum absolute atomic E-state index is 0.330. The minimum atomic E-state index is 0.330. The Kier molecular flexibility index (Phi) is 3.56. The maximum absolute atomic E-state index is 5.56. The monoisotopic (exact) mass is 222 g/mol. The van der Waals surface area contributed by atoms with Gasteiger partial charge in [-0.05, 0) is 24.8 Å². The average Bonchev–Trinajstić information content (AvgIpc) is 2.30. The predicted molar refractivity (Wildman–Crippen MR) is 63.3 cm³/mol. The molecule has 0 radical (unpaired) electrons. The van der Waals surface area contributed by atoms with E-state index in [-0.39, 0.29) is 0 Å². The van der Waals surface area contributed by atoms with Crippen molar-refractivity contribution in [3.8, 4) is 0 Å². The molecule has 1 aromatic rings. The van der Waals surface area contributed by atoms with Gasteiger partial charge in [-0.25, -0.2) is 4.98 Å². The van der Waals surface area contributed by atoms with E-state index in [1.807, 2.05) is 13.1 Å². The first-order valence-electron chi connectivity index (χ1n) is 5.63. The number of aromatic nitrogens is 2. The summed E-state index contributed by atoms with van der Waals surface area (Å²) in [6.07, 6.45) is 3.95. The molecular formula is C11H18N4O. The van der Waals surface area contributed by atoms with Crippen LogP contribution >= 0.6 is 0 Å². The summed E-state index contributed by atoms with van der Waals surface area (Å²) >= 11 is 0. The summed E-state index contributed by atoms with van der Waals surface area (Å²) in [5.74, 6) is 1.91. The maximum Gasteiger partial charge on any atom is 0.221 e. The molecule has 1 fully saturated rings. The highest BCUT2D eigenvalue weighted by molar-refractivity contribution is 5.39. The fraction of sp³-hybridized carbons (Fsp3) is 0.636. The second kappa shape index (κ2) is 5.12. The van der Waals surface area contributed by atoms with E-state index in [9.17, 15) is 0 Å². The molecule has 0 unspecified atom stereocenters. The van der Waals surface area contributed by atoms with E-state index >= 15 is 0 Å². The Bertz CT molecular complexity index is 339. The third-order valence-corrected chi connectivity index (χ3v) is 2.92. The van der Waals surface area contributed by atoms with Crippen LogP contribution in [0.3, 0.4) is 0 Å². The largest absolute Gasteiger partial charge is 0.381 e. The number of nitrogens with two attached hydrogens (primary N) is 1. The van der Waals surface area contributed by atoms with Crippen molar-refractivity contribution < 1.29 is 4.74 Å². The zero-order valence-corrected chi connectivity index (χ0v) is 9.59. The van der Waals surface area contributed by atoms with Gasteiger partial charge in [0.2, 0.25) is 5.95 Å². The van der Waals surface area contributed by atoms with E-state index in [4.69, 9.17) is 10.5 Å². The summed E-state index contributed by atoms with van der Waals surface area (Å²) in [5, 5.41) is 0. The van der Waals surface area contributed by atoms with Gasteiger partial charge in [0.1, 0.15) is 5.82 Å². The molecule has 2 N–H and O–H groups in total. The summed E-state index contributed by atoms with van der Waals surface area (Å²) < 4.78 is 5.34. The topological polar surface area (TPSA) is 64.3 Å². The molecule has 0 amide bonds. The van der Waals surface area contributed by atoms with E-state index in [0.29, 0.717) is 11.9 Å². The standard InChI is InChI=1S/C11H18N4O/c1-15(8-9-3-6-16-7-4-9)10-2-5-13-11(12)14-10/h2,5,9H,3-4,6-8H2,1H3,(H2,12,13,14). The van der Waals surface area contributed by atoms with Crippen molar-refractivity contribution in [2.45, 2.75) is 12.8 Å². The van der Waals surface area contributed by atoms with Gasteiger partial charge in [0.05, 0.1) is 0 Å². The highest BCUT2D eigenvalue weighted by Gasteiger charge is 2.16. The summed E-state index contributed by atoms with van der Waals surface area (Å²) in [7, 11) is 2.04. The number of hydrogen-bond acceptors (Lipinski definition) is 5. The summed E-state index contributed by atoms with van der Waals surface area (Å²) in [6.45, 7) is 2.76. The average molecular weight is 222 g/mol. The lowest BCUT2D eigenvalue weighted by molar-refractivity contribution is 0.0685. The van der Waals surface area contributed by atoms with Crippen LogP contribution < -0.4 is 10.6 Å². The smallest absolute Gasteiger partial charge is 0.221 e. The normalized spacial score (nSPS) is 17.3. The Hall–Kier alpha value is -1.36. The molecule has 0 atom stereocenters. The highest BCUT2D eigenvalue weighted by Crippen LogP contribution is 2.18. The Balaban J connectivity index is 1.94.